The Kier molecular flexibility index (Phi) is 19.6. The molecule has 0 unspecified atom stereocenters. The zero-order valence-electron chi connectivity index (χ0n) is 25.8. The fraction of sp³-hybridized carbons (Fsp3) is 0.722. The molecule has 1 rings (SSSR count). The number of allylic oxidation sites excluding steroid dienone is 9. The number of unbranched alkanes of at least 4 members (excludes halogenated alkanes) is 13. The van der Waals surface area contributed by atoms with Crippen molar-refractivity contribution < 1.29 is 4.74 Å². The maximum absolute atomic E-state index is 5.83. The lowest BCUT2D eigenvalue weighted by molar-refractivity contribution is 0.157. The average Bonchev–Trinajstić information content (AvgIpc) is 2.85. The topological polar surface area (TPSA) is 9.23 Å². The van der Waals surface area contributed by atoms with E-state index in [9.17, 15) is 0 Å². The van der Waals surface area contributed by atoms with Crippen LogP contribution in [0.3, 0.4) is 0 Å². The minimum Gasteiger partial charge on any atom is -0.377 e. The van der Waals surface area contributed by atoms with Crippen molar-refractivity contribution in [3.63, 3.8) is 0 Å². The van der Waals surface area contributed by atoms with Gasteiger partial charge >= 0.3 is 0 Å². The highest BCUT2D eigenvalue weighted by atomic mass is 16.5. The van der Waals surface area contributed by atoms with Crippen LogP contribution < -0.4 is 0 Å². The first-order valence-electron chi connectivity index (χ1n) is 15.8. The van der Waals surface area contributed by atoms with Crippen molar-refractivity contribution in [2.75, 3.05) is 13.2 Å². The van der Waals surface area contributed by atoms with Gasteiger partial charge in [0.15, 0.2) is 0 Å². The molecule has 0 fully saturated rings. The first-order valence-corrected chi connectivity index (χ1v) is 15.8. The fourth-order valence-corrected chi connectivity index (χ4v) is 5.37. The summed E-state index contributed by atoms with van der Waals surface area (Å²) in [6.07, 6.45) is 36.8. The lowest BCUT2D eigenvalue weighted by Crippen LogP contribution is -2.19. The summed E-state index contributed by atoms with van der Waals surface area (Å²) in [5.41, 5.74) is 5.95. The molecule has 0 aliphatic heterocycles. The summed E-state index contributed by atoms with van der Waals surface area (Å²) < 4.78 is 5.83. The number of hydrogen-bond donors (Lipinski definition) is 0. The predicted molar refractivity (Wildman–Crippen MR) is 167 cm³/mol. The lowest BCUT2D eigenvalue weighted by Gasteiger charge is -2.32. The number of ether oxygens (including phenoxy) is 1. The first kappa shape index (κ1) is 33.7. The third-order valence-corrected chi connectivity index (χ3v) is 7.94. The SMILES string of the molecule is CCCCCCCCCCCCCCCCOCC=C(C)C=CC=C(C)C=CC1=C(C)CCCC1(C)C. The molecule has 0 atom stereocenters. The standard InChI is InChI=1S/C36H62O/c1-7-8-9-10-11-12-13-14-15-16-17-18-19-20-30-37-31-28-33(3)24-21-23-32(2)26-27-35-34(4)25-22-29-36(35,5)6/h21,23-24,26-28H,7-20,22,25,29-31H2,1-6H3. The van der Waals surface area contributed by atoms with Gasteiger partial charge < -0.3 is 4.74 Å². The Morgan fingerprint density at radius 1 is 0.784 bits per heavy atom. The van der Waals surface area contributed by atoms with Crippen LogP contribution in [0.15, 0.2) is 58.7 Å². The van der Waals surface area contributed by atoms with Crippen molar-refractivity contribution >= 4 is 0 Å². The maximum Gasteiger partial charge on any atom is 0.0653 e. The van der Waals surface area contributed by atoms with Gasteiger partial charge in [-0.15, -0.1) is 0 Å². The van der Waals surface area contributed by atoms with Crippen LogP contribution >= 0.6 is 0 Å². The van der Waals surface area contributed by atoms with Crippen molar-refractivity contribution in [3.8, 4) is 0 Å². The molecule has 0 bridgehead atoms. The average molecular weight is 511 g/mol. The van der Waals surface area contributed by atoms with Gasteiger partial charge in [-0.2, -0.15) is 0 Å². The monoisotopic (exact) mass is 510 g/mol. The van der Waals surface area contributed by atoms with Crippen LogP contribution in [0, 0.1) is 5.41 Å². The second-order valence-corrected chi connectivity index (χ2v) is 12.2. The minimum atomic E-state index is 0.307. The van der Waals surface area contributed by atoms with Crippen molar-refractivity contribution in [1.82, 2.24) is 0 Å². The quantitative estimate of drug-likeness (QED) is 0.110. The van der Waals surface area contributed by atoms with E-state index in [4.69, 9.17) is 4.74 Å². The first-order chi connectivity index (χ1) is 17.9. The lowest BCUT2D eigenvalue weighted by atomic mass is 9.72. The molecule has 0 saturated carbocycles. The molecule has 1 aliphatic rings. The van der Waals surface area contributed by atoms with Gasteiger partial charge in [0, 0.05) is 6.61 Å². The molecule has 0 radical (unpaired) electrons. The van der Waals surface area contributed by atoms with E-state index in [0.717, 1.165) is 13.2 Å². The van der Waals surface area contributed by atoms with Gasteiger partial charge in [0.2, 0.25) is 0 Å². The van der Waals surface area contributed by atoms with Gasteiger partial charge in [0.25, 0.3) is 0 Å². The van der Waals surface area contributed by atoms with Crippen LogP contribution in [0.1, 0.15) is 151 Å². The van der Waals surface area contributed by atoms with Crippen LogP contribution in [0.4, 0.5) is 0 Å². The largest absolute Gasteiger partial charge is 0.377 e. The predicted octanol–water partition coefficient (Wildman–Crippen LogP) is 12.0. The Morgan fingerprint density at radius 3 is 1.92 bits per heavy atom. The van der Waals surface area contributed by atoms with Crippen molar-refractivity contribution in [2.24, 2.45) is 5.41 Å². The van der Waals surface area contributed by atoms with Gasteiger partial charge in [-0.3, -0.25) is 0 Å². The Hall–Kier alpha value is -1.34. The van der Waals surface area contributed by atoms with Crippen LogP contribution in [0.5, 0.6) is 0 Å². The maximum atomic E-state index is 5.83. The molecule has 1 nitrogen and oxygen atoms in total. The van der Waals surface area contributed by atoms with Crippen molar-refractivity contribution in [3.05, 3.63) is 58.7 Å². The zero-order chi connectivity index (χ0) is 27.2. The highest BCUT2D eigenvalue weighted by molar-refractivity contribution is 5.37. The molecule has 1 heteroatoms. The zero-order valence-corrected chi connectivity index (χ0v) is 25.8. The van der Waals surface area contributed by atoms with E-state index in [0.29, 0.717) is 5.41 Å². The molecule has 0 aromatic heterocycles. The van der Waals surface area contributed by atoms with Gasteiger partial charge in [-0.05, 0) is 57.4 Å². The molecule has 212 valence electrons. The Balaban J connectivity index is 2.05. The fourth-order valence-electron chi connectivity index (χ4n) is 5.37. The second-order valence-electron chi connectivity index (χ2n) is 12.2. The molecule has 0 heterocycles. The summed E-state index contributed by atoms with van der Waals surface area (Å²) in [4.78, 5) is 0. The number of rotatable bonds is 21. The highest BCUT2D eigenvalue weighted by Crippen LogP contribution is 2.40. The smallest absolute Gasteiger partial charge is 0.0653 e. The van der Waals surface area contributed by atoms with E-state index in [1.54, 1.807) is 5.57 Å². The van der Waals surface area contributed by atoms with Crippen LogP contribution in [-0.4, -0.2) is 13.2 Å². The molecular weight excluding hydrogens is 448 g/mol. The van der Waals surface area contributed by atoms with E-state index >= 15 is 0 Å². The van der Waals surface area contributed by atoms with E-state index in [1.165, 1.54) is 126 Å². The molecule has 0 spiro atoms. The molecular formula is C36H62O. The third kappa shape index (κ3) is 17.7. The van der Waals surface area contributed by atoms with Gasteiger partial charge in [-0.1, -0.05) is 157 Å². The third-order valence-electron chi connectivity index (χ3n) is 7.94. The van der Waals surface area contributed by atoms with Crippen LogP contribution in [0.2, 0.25) is 0 Å². The summed E-state index contributed by atoms with van der Waals surface area (Å²) in [6.45, 7) is 15.3. The van der Waals surface area contributed by atoms with E-state index < -0.39 is 0 Å². The normalized spacial score (nSPS) is 17.0. The molecule has 1 aliphatic carbocycles. The van der Waals surface area contributed by atoms with E-state index in [-0.39, 0.29) is 0 Å². The van der Waals surface area contributed by atoms with Gasteiger partial charge in [-0.25, -0.2) is 0 Å². The minimum absolute atomic E-state index is 0.307. The summed E-state index contributed by atoms with van der Waals surface area (Å²) in [5.74, 6) is 0. The summed E-state index contributed by atoms with van der Waals surface area (Å²) in [5, 5.41) is 0. The Bertz CT molecular complexity index is 728. The molecule has 0 saturated heterocycles. The van der Waals surface area contributed by atoms with Gasteiger partial charge in [0.1, 0.15) is 0 Å². The second kappa shape index (κ2) is 21.6. The Morgan fingerprint density at radius 2 is 1.35 bits per heavy atom. The number of hydrogen-bond acceptors (Lipinski definition) is 1. The molecule has 0 N–H and O–H groups in total. The van der Waals surface area contributed by atoms with Crippen molar-refractivity contribution in [2.45, 2.75) is 151 Å². The molecule has 0 aromatic carbocycles. The highest BCUT2D eigenvalue weighted by Gasteiger charge is 2.26. The summed E-state index contributed by atoms with van der Waals surface area (Å²) >= 11 is 0. The molecule has 0 amide bonds. The van der Waals surface area contributed by atoms with Gasteiger partial charge in [0.05, 0.1) is 6.61 Å². The van der Waals surface area contributed by atoms with Crippen LogP contribution in [-0.2, 0) is 4.74 Å². The summed E-state index contributed by atoms with van der Waals surface area (Å²) in [7, 11) is 0. The van der Waals surface area contributed by atoms with Crippen LogP contribution in [0.25, 0.3) is 0 Å². The van der Waals surface area contributed by atoms with E-state index in [1.807, 2.05) is 0 Å². The van der Waals surface area contributed by atoms with Crippen molar-refractivity contribution in [1.29, 1.82) is 0 Å². The summed E-state index contributed by atoms with van der Waals surface area (Å²) in [6, 6.07) is 0. The molecule has 37 heavy (non-hydrogen) atoms. The van der Waals surface area contributed by atoms with E-state index in [2.05, 4.69) is 78.0 Å². The Labute approximate surface area is 232 Å². The molecule has 0 aromatic rings.